The van der Waals surface area contributed by atoms with Gasteiger partial charge in [0, 0.05) is 19.3 Å². The summed E-state index contributed by atoms with van der Waals surface area (Å²) in [5, 5.41) is 0. The van der Waals surface area contributed by atoms with Gasteiger partial charge in [0.05, 0.1) is 0 Å². The second-order valence-electron chi connectivity index (χ2n) is 22.4. The van der Waals surface area contributed by atoms with Crippen molar-refractivity contribution in [1.29, 1.82) is 0 Å². The molecule has 0 aliphatic heterocycles. The molecule has 0 aromatic carbocycles. The van der Waals surface area contributed by atoms with Crippen molar-refractivity contribution >= 4 is 17.9 Å². The van der Waals surface area contributed by atoms with Gasteiger partial charge in [-0.25, -0.2) is 0 Å². The second kappa shape index (κ2) is 63.2. The average Bonchev–Trinajstić information content (AvgIpc) is 3.40. The Bertz CT molecular complexity index is 1240. The van der Waals surface area contributed by atoms with E-state index < -0.39 is 6.10 Å². The van der Waals surface area contributed by atoms with Crippen LogP contribution >= 0.6 is 0 Å². The van der Waals surface area contributed by atoms with E-state index >= 15 is 0 Å². The van der Waals surface area contributed by atoms with Crippen LogP contribution in [0.25, 0.3) is 0 Å². The van der Waals surface area contributed by atoms with Crippen LogP contribution in [0.4, 0.5) is 0 Å². The minimum absolute atomic E-state index is 0.0700. The molecule has 0 saturated carbocycles. The van der Waals surface area contributed by atoms with E-state index in [0.717, 1.165) is 70.6 Å². The van der Waals surface area contributed by atoms with Crippen molar-refractivity contribution in [3.05, 3.63) is 36.5 Å². The van der Waals surface area contributed by atoms with Crippen molar-refractivity contribution < 1.29 is 28.6 Å². The minimum Gasteiger partial charge on any atom is -0.462 e. The molecule has 1 unspecified atom stereocenters. The smallest absolute Gasteiger partial charge is 0.306 e. The third kappa shape index (κ3) is 60.5. The Morgan fingerprint density at radius 1 is 0.270 bits per heavy atom. The van der Waals surface area contributed by atoms with Crippen molar-refractivity contribution in [1.82, 2.24) is 0 Å². The molecule has 0 aromatic rings. The van der Waals surface area contributed by atoms with Gasteiger partial charge >= 0.3 is 17.9 Å². The summed E-state index contributed by atoms with van der Waals surface area (Å²) in [4.78, 5) is 38.0. The number of rotatable bonds is 61. The number of hydrogen-bond acceptors (Lipinski definition) is 6. The first-order chi connectivity index (χ1) is 36.5. The molecule has 0 aliphatic rings. The van der Waals surface area contributed by atoms with E-state index in [1.54, 1.807) is 0 Å². The highest BCUT2D eigenvalue weighted by Crippen LogP contribution is 2.18. The Morgan fingerprint density at radius 2 is 0.500 bits per heavy atom. The molecule has 74 heavy (non-hydrogen) atoms. The molecular formula is C68H126O6. The van der Waals surface area contributed by atoms with E-state index in [-0.39, 0.29) is 31.1 Å². The summed E-state index contributed by atoms with van der Waals surface area (Å²) in [5.74, 6) is -0.862. The summed E-state index contributed by atoms with van der Waals surface area (Å²) < 4.78 is 16.8. The van der Waals surface area contributed by atoms with Crippen LogP contribution in [0.5, 0.6) is 0 Å². The topological polar surface area (TPSA) is 78.9 Å². The van der Waals surface area contributed by atoms with Crippen LogP contribution in [0.15, 0.2) is 36.5 Å². The number of ether oxygens (including phenoxy) is 3. The maximum atomic E-state index is 12.8. The fourth-order valence-electron chi connectivity index (χ4n) is 9.87. The number of unbranched alkanes of at least 4 members (excludes halogenated alkanes) is 44. The number of allylic oxidation sites excluding steroid dienone is 6. The Kier molecular flexibility index (Phi) is 61.1. The molecule has 0 radical (unpaired) electrons. The van der Waals surface area contributed by atoms with E-state index in [2.05, 4.69) is 57.2 Å². The third-order valence-electron chi connectivity index (χ3n) is 14.9. The van der Waals surface area contributed by atoms with Crippen LogP contribution in [0, 0.1) is 0 Å². The predicted octanol–water partition coefficient (Wildman–Crippen LogP) is 22.4. The lowest BCUT2D eigenvalue weighted by molar-refractivity contribution is -0.167. The molecule has 0 aliphatic carbocycles. The van der Waals surface area contributed by atoms with Crippen molar-refractivity contribution in [2.24, 2.45) is 0 Å². The van der Waals surface area contributed by atoms with E-state index in [9.17, 15) is 14.4 Å². The number of carbonyl (C=O) groups is 3. The first kappa shape index (κ1) is 71.6. The van der Waals surface area contributed by atoms with Gasteiger partial charge in [0.2, 0.25) is 0 Å². The van der Waals surface area contributed by atoms with E-state index in [4.69, 9.17) is 14.2 Å². The molecule has 6 heteroatoms. The quantitative estimate of drug-likeness (QED) is 0.0261. The van der Waals surface area contributed by atoms with Crippen molar-refractivity contribution in [3.8, 4) is 0 Å². The molecular weight excluding hydrogens is 913 g/mol. The monoisotopic (exact) mass is 1040 g/mol. The summed E-state index contributed by atoms with van der Waals surface area (Å²) in [6.45, 7) is 6.61. The molecule has 0 bridgehead atoms. The largest absolute Gasteiger partial charge is 0.462 e. The number of esters is 3. The first-order valence-corrected chi connectivity index (χ1v) is 33.0. The van der Waals surface area contributed by atoms with E-state index in [1.807, 2.05) is 0 Å². The van der Waals surface area contributed by atoms with Crippen LogP contribution in [0.2, 0.25) is 0 Å². The van der Waals surface area contributed by atoms with Crippen LogP contribution in [0.3, 0.4) is 0 Å². The Morgan fingerprint density at radius 3 is 0.797 bits per heavy atom. The van der Waals surface area contributed by atoms with Crippen molar-refractivity contribution in [2.45, 2.75) is 367 Å². The fourth-order valence-corrected chi connectivity index (χ4v) is 9.87. The summed E-state index contributed by atoms with van der Waals surface area (Å²) in [7, 11) is 0. The molecule has 0 saturated heterocycles. The first-order valence-electron chi connectivity index (χ1n) is 33.0. The molecule has 1 atom stereocenters. The van der Waals surface area contributed by atoms with Gasteiger partial charge in [-0.05, 0) is 70.6 Å². The van der Waals surface area contributed by atoms with Gasteiger partial charge in [-0.1, -0.05) is 308 Å². The normalized spacial score (nSPS) is 12.2. The lowest BCUT2D eigenvalue weighted by atomic mass is 10.0. The summed E-state index contributed by atoms with van der Waals surface area (Å²) in [5.41, 5.74) is 0. The van der Waals surface area contributed by atoms with Gasteiger partial charge in [0.15, 0.2) is 6.10 Å². The average molecular weight is 1040 g/mol. The van der Waals surface area contributed by atoms with Crippen LogP contribution < -0.4 is 0 Å². The summed E-state index contributed by atoms with van der Waals surface area (Å²) in [6.07, 6.45) is 77.7. The van der Waals surface area contributed by atoms with Crippen LogP contribution in [-0.2, 0) is 28.6 Å². The highest BCUT2D eigenvalue weighted by Gasteiger charge is 2.19. The summed E-state index contributed by atoms with van der Waals surface area (Å²) in [6, 6.07) is 0. The second-order valence-corrected chi connectivity index (χ2v) is 22.4. The molecule has 0 fully saturated rings. The Hall–Kier alpha value is -2.37. The zero-order valence-corrected chi connectivity index (χ0v) is 49.9. The molecule has 0 heterocycles. The number of hydrogen-bond donors (Lipinski definition) is 0. The standard InChI is InChI=1S/C68H126O6/c1-4-7-10-13-16-19-22-23-24-25-26-27-28-29-30-31-32-33-34-35-36-37-38-39-40-41-42-43-44-45-47-49-52-55-58-61-67(70)73-64-65(63-72-66(69)60-57-54-51-48-21-18-15-12-9-6-3)74-68(71)62-59-56-53-50-46-20-17-14-11-8-5-2/h14,17,22-23,25-26,65H,4-13,15-16,18-21,24,27-64H2,1-3H3/b17-14-,23-22-,26-25-. The van der Waals surface area contributed by atoms with Gasteiger partial charge < -0.3 is 14.2 Å². The molecule has 0 aromatic heterocycles. The molecule has 6 nitrogen and oxygen atoms in total. The number of carbonyl (C=O) groups excluding carboxylic acids is 3. The van der Waals surface area contributed by atoms with Crippen LogP contribution in [-0.4, -0.2) is 37.2 Å². The maximum absolute atomic E-state index is 12.8. The lowest BCUT2D eigenvalue weighted by Gasteiger charge is -2.18. The zero-order valence-electron chi connectivity index (χ0n) is 49.9. The highest BCUT2D eigenvalue weighted by molar-refractivity contribution is 5.71. The van der Waals surface area contributed by atoms with Crippen molar-refractivity contribution in [2.75, 3.05) is 13.2 Å². The Labute approximate surface area is 461 Å². The van der Waals surface area contributed by atoms with Gasteiger partial charge in [-0.3, -0.25) is 14.4 Å². The molecule has 434 valence electrons. The highest BCUT2D eigenvalue weighted by atomic mass is 16.6. The van der Waals surface area contributed by atoms with Gasteiger partial charge in [0.25, 0.3) is 0 Å². The van der Waals surface area contributed by atoms with E-state index in [0.29, 0.717) is 19.3 Å². The fraction of sp³-hybridized carbons (Fsp3) is 0.868. The Balaban J connectivity index is 3.92. The maximum Gasteiger partial charge on any atom is 0.306 e. The molecule has 0 spiro atoms. The van der Waals surface area contributed by atoms with Gasteiger partial charge in [0.1, 0.15) is 13.2 Å². The van der Waals surface area contributed by atoms with Gasteiger partial charge in [-0.15, -0.1) is 0 Å². The molecule has 0 rings (SSSR count). The van der Waals surface area contributed by atoms with Gasteiger partial charge in [-0.2, -0.15) is 0 Å². The predicted molar refractivity (Wildman–Crippen MR) is 321 cm³/mol. The summed E-state index contributed by atoms with van der Waals surface area (Å²) >= 11 is 0. The van der Waals surface area contributed by atoms with Crippen LogP contribution in [0.1, 0.15) is 361 Å². The minimum atomic E-state index is -0.770. The lowest BCUT2D eigenvalue weighted by Crippen LogP contribution is -2.30. The van der Waals surface area contributed by atoms with Crippen molar-refractivity contribution in [3.63, 3.8) is 0 Å². The van der Waals surface area contributed by atoms with E-state index in [1.165, 1.54) is 250 Å². The SMILES string of the molecule is CCCC/C=C\CCCCCCCC(=O)OC(COC(=O)CCCCCCCCCCCC)COC(=O)CCCCCCCCCCCCCCCCCCCCCCCCC/C=C\C/C=C\CCCCCCC. The molecule has 0 N–H and O–H groups in total. The third-order valence-corrected chi connectivity index (χ3v) is 14.9. The zero-order chi connectivity index (χ0) is 53.6. The molecule has 0 amide bonds.